The van der Waals surface area contributed by atoms with Gasteiger partial charge in [-0.3, -0.25) is 0 Å². The number of benzene rings is 1. The SMILES string of the molecule is SCC#Cc1ccc(Br)cc1Cl. The Hall–Kier alpha value is -0.100. The average Bonchev–Trinajstić information content (AvgIpc) is 2.03. The van der Waals surface area contributed by atoms with Crippen LogP contribution < -0.4 is 0 Å². The summed E-state index contributed by atoms with van der Waals surface area (Å²) in [6.45, 7) is 0. The molecule has 0 fully saturated rings. The van der Waals surface area contributed by atoms with Crippen molar-refractivity contribution in [3.63, 3.8) is 0 Å². The molecule has 0 aliphatic rings. The zero-order valence-corrected chi connectivity index (χ0v) is 9.38. The van der Waals surface area contributed by atoms with Crippen LogP contribution in [0.4, 0.5) is 0 Å². The molecule has 0 aliphatic carbocycles. The van der Waals surface area contributed by atoms with Crippen LogP contribution in [0.25, 0.3) is 0 Å². The van der Waals surface area contributed by atoms with Crippen molar-refractivity contribution in [2.45, 2.75) is 0 Å². The summed E-state index contributed by atoms with van der Waals surface area (Å²) in [4.78, 5) is 0. The van der Waals surface area contributed by atoms with Crippen LogP contribution >= 0.6 is 40.2 Å². The number of halogens is 2. The van der Waals surface area contributed by atoms with Gasteiger partial charge in [-0.15, -0.1) is 0 Å². The summed E-state index contributed by atoms with van der Waals surface area (Å²) in [7, 11) is 0. The lowest BCUT2D eigenvalue weighted by Gasteiger charge is -1.95. The molecule has 0 saturated heterocycles. The van der Waals surface area contributed by atoms with Gasteiger partial charge >= 0.3 is 0 Å². The van der Waals surface area contributed by atoms with Crippen LogP contribution in [0.1, 0.15) is 5.56 Å². The Morgan fingerprint density at radius 2 is 2.25 bits per heavy atom. The first-order chi connectivity index (χ1) is 5.74. The summed E-state index contributed by atoms with van der Waals surface area (Å²) in [5.41, 5.74) is 0.842. The van der Waals surface area contributed by atoms with Gasteiger partial charge in [0, 0.05) is 10.0 Å². The lowest BCUT2D eigenvalue weighted by atomic mass is 10.2. The van der Waals surface area contributed by atoms with Crippen molar-refractivity contribution < 1.29 is 0 Å². The predicted octanol–water partition coefficient (Wildman–Crippen LogP) is 3.38. The van der Waals surface area contributed by atoms with Gasteiger partial charge < -0.3 is 0 Å². The normalized spacial score (nSPS) is 8.92. The molecule has 0 aromatic heterocycles. The third kappa shape index (κ3) is 2.75. The standard InChI is InChI=1S/C9H6BrClS/c10-8-4-3-7(2-1-5-12)9(11)6-8/h3-4,6,12H,5H2. The van der Waals surface area contributed by atoms with Gasteiger partial charge in [0.2, 0.25) is 0 Å². The predicted molar refractivity (Wildman–Crippen MR) is 59.9 cm³/mol. The van der Waals surface area contributed by atoms with Gasteiger partial charge in [-0.05, 0) is 18.2 Å². The Morgan fingerprint density at radius 1 is 1.50 bits per heavy atom. The highest BCUT2D eigenvalue weighted by molar-refractivity contribution is 9.10. The lowest BCUT2D eigenvalue weighted by Crippen LogP contribution is -1.76. The largest absolute Gasteiger partial charge is 0.166 e. The summed E-state index contributed by atoms with van der Waals surface area (Å²) >= 11 is 13.2. The van der Waals surface area contributed by atoms with Gasteiger partial charge in [0.25, 0.3) is 0 Å². The van der Waals surface area contributed by atoms with Gasteiger partial charge in [-0.2, -0.15) is 12.6 Å². The molecule has 0 amide bonds. The topological polar surface area (TPSA) is 0 Å². The van der Waals surface area contributed by atoms with Crippen molar-refractivity contribution in [1.82, 2.24) is 0 Å². The van der Waals surface area contributed by atoms with Crippen molar-refractivity contribution in [2.75, 3.05) is 5.75 Å². The molecule has 0 unspecified atom stereocenters. The van der Waals surface area contributed by atoms with Gasteiger partial charge in [0.1, 0.15) is 0 Å². The Bertz CT molecular complexity index is 338. The molecular weight excluding hydrogens is 256 g/mol. The number of hydrogen-bond donors (Lipinski definition) is 1. The van der Waals surface area contributed by atoms with Crippen LogP contribution in [0.5, 0.6) is 0 Å². The first-order valence-corrected chi connectivity index (χ1v) is 5.09. The van der Waals surface area contributed by atoms with Crippen LogP contribution in [0.15, 0.2) is 22.7 Å². The number of hydrogen-bond acceptors (Lipinski definition) is 1. The Labute approximate surface area is 90.9 Å². The van der Waals surface area contributed by atoms with Crippen LogP contribution in [-0.2, 0) is 0 Å². The first-order valence-electron chi connectivity index (χ1n) is 3.29. The van der Waals surface area contributed by atoms with Crippen molar-refractivity contribution in [3.05, 3.63) is 33.3 Å². The summed E-state index contributed by atoms with van der Waals surface area (Å²) in [6.07, 6.45) is 0. The van der Waals surface area contributed by atoms with Crippen LogP contribution in [0, 0.1) is 11.8 Å². The molecule has 1 rings (SSSR count). The molecule has 0 nitrogen and oxygen atoms in total. The average molecular weight is 262 g/mol. The fraction of sp³-hybridized carbons (Fsp3) is 0.111. The van der Waals surface area contributed by atoms with E-state index in [0.717, 1.165) is 10.0 Å². The molecular formula is C9H6BrClS. The molecule has 0 aliphatic heterocycles. The maximum Gasteiger partial charge on any atom is 0.0573 e. The van der Waals surface area contributed by atoms with E-state index >= 15 is 0 Å². The first kappa shape index (κ1) is 9.98. The van der Waals surface area contributed by atoms with Crippen LogP contribution in [-0.4, -0.2) is 5.75 Å². The van der Waals surface area contributed by atoms with Crippen LogP contribution in [0.3, 0.4) is 0 Å². The second kappa shape index (κ2) is 4.81. The van der Waals surface area contributed by atoms with E-state index in [9.17, 15) is 0 Å². The third-order valence-electron chi connectivity index (χ3n) is 1.23. The molecule has 0 spiro atoms. The molecule has 0 radical (unpaired) electrons. The van der Waals surface area contributed by atoms with E-state index in [-0.39, 0.29) is 0 Å². The smallest absolute Gasteiger partial charge is 0.0573 e. The molecule has 1 aromatic rings. The van der Waals surface area contributed by atoms with E-state index in [1.54, 1.807) is 0 Å². The second-order valence-corrected chi connectivity index (χ2v) is 3.72. The van der Waals surface area contributed by atoms with Gasteiger partial charge in [-0.25, -0.2) is 0 Å². The minimum Gasteiger partial charge on any atom is -0.166 e. The summed E-state index contributed by atoms with van der Waals surface area (Å²) < 4.78 is 0.962. The molecule has 62 valence electrons. The summed E-state index contributed by atoms with van der Waals surface area (Å²) in [6, 6.07) is 5.61. The zero-order valence-electron chi connectivity index (χ0n) is 6.14. The monoisotopic (exact) mass is 260 g/mol. The van der Waals surface area contributed by atoms with Crippen molar-refractivity contribution in [2.24, 2.45) is 0 Å². The molecule has 0 atom stereocenters. The van der Waals surface area contributed by atoms with Crippen molar-refractivity contribution in [1.29, 1.82) is 0 Å². The van der Waals surface area contributed by atoms with Crippen molar-refractivity contribution in [3.8, 4) is 11.8 Å². The zero-order chi connectivity index (χ0) is 8.97. The summed E-state index contributed by atoms with van der Waals surface area (Å²) in [5, 5.41) is 0.665. The fourth-order valence-electron chi connectivity index (χ4n) is 0.726. The van der Waals surface area contributed by atoms with E-state index in [2.05, 4.69) is 40.4 Å². The molecule has 3 heteroatoms. The molecule has 0 N–H and O–H groups in total. The van der Waals surface area contributed by atoms with E-state index in [1.807, 2.05) is 18.2 Å². The van der Waals surface area contributed by atoms with E-state index in [4.69, 9.17) is 11.6 Å². The highest BCUT2D eigenvalue weighted by atomic mass is 79.9. The number of rotatable bonds is 0. The third-order valence-corrected chi connectivity index (χ3v) is 2.20. The van der Waals surface area contributed by atoms with Crippen molar-refractivity contribution >= 4 is 40.2 Å². The van der Waals surface area contributed by atoms with E-state index in [1.165, 1.54) is 0 Å². The Morgan fingerprint density at radius 3 is 2.83 bits per heavy atom. The number of thiol groups is 1. The van der Waals surface area contributed by atoms with E-state index < -0.39 is 0 Å². The maximum absolute atomic E-state index is 5.91. The fourth-order valence-corrected chi connectivity index (χ4v) is 1.53. The van der Waals surface area contributed by atoms with Crippen LogP contribution in [0.2, 0.25) is 5.02 Å². The summed E-state index contributed by atoms with van der Waals surface area (Å²) in [5.74, 6) is 6.30. The Kier molecular flexibility index (Phi) is 4.00. The lowest BCUT2D eigenvalue weighted by molar-refractivity contribution is 1.60. The molecule has 12 heavy (non-hydrogen) atoms. The minimum atomic E-state index is 0.548. The van der Waals surface area contributed by atoms with E-state index in [0.29, 0.717) is 10.8 Å². The highest BCUT2D eigenvalue weighted by Crippen LogP contribution is 2.20. The molecule has 0 saturated carbocycles. The molecule has 0 heterocycles. The quantitative estimate of drug-likeness (QED) is 0.537. The second-order valence-electron chi connectivity index (χ2n) is 2.08. The van der Waals surface area contributed by atoms with Gasteiger partial charge in [0.05, 0.1) is 10.8 Å². The van der Waals surface area contributed by atoms with Gasteiger partial charge in [-0.1, -0.05) is 39.4 Å². The molecule has 0 bridgehead atoms. The van der Waals surface area contributed by atoms with Gasteiger partial charge in [0.15, 0.2) is 0 Å². The Balaban J connectivity index is 3.01. The maximum atomic E-state index is 5.91. The highest BCUT2D eigenvalue weighted by Gasteiger charge is 1.95. The molecule has 1 aromatic carbocycles. The minimum absolute atomic E-state index is 0.548.